The third kappa shape index (κ3) is 1.50. The molecule has 1 aliphatic carbocycles. The van der Waals surface area contributed by atoms with Crippen molar-refractivity contribution < 1.29 is 4.79 Å². The maximum absolute atomic E-state index is 11.5. The third-order valence-corrected chi connectivity index (χ3v) is 2.87. The maximum atomic E-state index is 11.5. The summed E-state index contributed by atoms with van der Waals surface area (Å²) in [6.07, 6.45) is 3.65. The van der Waals surface area contributed by atoms with E-state index in [0.29, 0.717) is 18.1 Å². The lowest BCUT2D eigenvalue weighted by Crippen LogP contribution is -1.99. The van der Waals surface area contributed by atoms with Crippen LogP contribution in [0.25, 0.3) is 0 Å². The van der Waals surface area contributed by atoms with Gasteiger partial charge in [-0.15, -0.1) is 0 Å². The van der Waals surface area contributed by atoms with Gasteiger partial charge in [-0.05, 0) is 24.5 Å². The van der Waals surface area contributed by atoms with Crippen LogP contribution in [0.5, 0.6) is 0 Å². The van der Waals surface area contributed by atoms with Gasteiger partial charge in [-0.1, -0.05) is 36.4 Å². The molecule has 0 N–H and O–H groups in total. The monoisotopic (exact) mass is 186 g/mol. The van der Waals surface area contributed by atoms with Crippen molar-refractivity contribution in [1.82, 2.24) is 0 Å². The highest BCUT2D eigenvalue weighted by Gasteiger charge is 2.28. The number of hydrogen-bond acceptors (Lipinski definition) is 1. The molecule has 1 aliphatic rings. The van der Waals surface area contributed by atoms with Crippen molar-refractivity contribution in [1.29, 1.82) is 0 Å². The van der Waals surface area contributed by atoms with Gasteiger partial charge in [0.1, 0.15) is 0 Å². The number of rotatable bonds is 1. The Kier molecular flexibility index (Phi) is 2.49. The Morgan fingerprint density at radius 3 is 2.64 bits per heavy atom. The van der Waals surface area contributed by atoms with Crippen LogP contribution in [0.1, 0.15) is 31.2 Å². The molecule has 0 aromatic heterocycles. The van der Waals surface area contributed by atoms with E-state index in [2.05, 4.69) is 12.1 Å². The number of carbonyl (C=O) groups is 1. The van der Waals surface area contributed by atoms with Gasteiger partial charge in [-0.2, -0.15) is 0 Å². The summed E-state index contributed by atoms with van der Waals surface area (Å²) in [5.74, 6) is 0.662. The second-order valence-electron chi connectivity index (χ2n) is 3.67. The minimum atomic E-state index is 0.321. The van der Waals surface area contributed by atoms with Crippen LogP contribution in [0.3, 0.4) is 0 Å². The summed E-state index contributed by atoms with van der Waals surface area (Å²) in [6.45, 7) is 1.95. The lowest BCUT2D eigenvalue weighted by Gasteiger charge is -2.10. The summed E-state index contributed by atoms with van der Waals surface area (Å²) in [5, 5.41) is 0. The molecule has 0 saturated heterocycles. The molecule has 14 heavy (non-hydrogen) atoms. The molecule has 0 heterocycles. The molecule has 0 spiro atoms. The van der Waals surface area contributed by atoms with Gasteiger partial charge in [-0.3, -0.25) is 4.79 Å². The van der Waals surface area contributed by atoms with E-state index in [1.54, 1.807) is 0 Å². The van der Waals surface area contributed by atoms with E-state index in [1.165, 1.54) is 5.56 Å². The fourth-order valence-corrected chi connectivity index (χ4v) is 2.16. The van der Waals surface area contributed by atoms with E-state index in [9.17, 15) is 4.79 Å². The van der Waals surface area contributed by atoms with E-state index >= 15 is 0 Å². The average Bonchev–Trinajstić information content (AvgIpc) is 2.61. The molecule has 1 saturated carbocycles. The molecule has 1 atom stereocenters. The van der Waals surface area contributed by atoms with Crippen LogP contribution in [-0.4, -0.2) is 5.78 Å². The van der Waals surface area contributed by atoms with Gasteiger partial charge in [-0.25, -0.2) is 0 Å². The van der Waals surface area contributed by atoms with Crippen LogP contribution >= 0.6 is 0 Å². The van der Waals surface area contributed by atoms with Crippen molar-refractivity contribution in [2.75, 3.05) is 0 Å². The minimum Gasteiger partial charge on any atom is -0.295 e. The summed E-state index contributed by atoms with van der Waals surface area (Å²) in [5.41, 5.74) is 2.27. The zero-order chi connectivity index (χ0) is 9.97. The standard InChI is InChI=1S/C13H14O/c1-2-11-12(8-9-13(11)14)10-6-4-3-5-7-10/h2-7,12H,8-9H2,1H3/b11-2+. The largest absolute Gasteiger partial charge is 0.295 e. The molecule has 2 rings (SSSR count). The Balaban J connectivity index is 2.33. The predicted octanol–water partition coefficient (Wildman–Crippen LogP) is 3.08. The average molecular weight is 186 g/mol. The second-order valence-corrected chi connectivity index (χ2v) is 3.67. The molecule has 1 nitrogen and oxygen atoms in total. The quantitative estimate of drug-likeness (QED) is 0.616. The van der Waals surface area contributed by atoms with Crippen molar-refractivity contribution in [2.45, 2.75) is 25.7 Å². The number of carbonyl (C=O) groups excluding carboxylic acids is 1. The zero-order valence-corrected chi connectivity index (χ0v) is 8.36. The first-order valence-electron chi connectivity index (χ1n) is 5.07. The van der Waals surface area contributed by atoms with Crippen molar-refractivity contribution in [3.63, 3.8) is 0 Å². The Hall–Kier alpha value is -1.37. The molecule has 72 valence electrons. The molecule has 1 aromatic rings. The fourth-order valence-electron chi connectivity index (χ4n) is 2.16. The maximum Gasteiger partial charge on any atom is 0.159 e. The van der Waals surface area contributed by atoms with Gasteiger partial charge in [0.2, 0.25) is 0 Å². The molecule has 0 radical (unpaired) electrons. The summed E-state index contributed by atoms with van der Waals surface area (Å²) in [4.78, 5) is 11.5. The van der Waals surface area contributed by atoms with Crippen LogP contribution in [0, 0.1) is 0 Å². The van der Waals surface area contributed by atoms with Crippen LogP contribution in [-0.2, 0) is 4.79 Å². The zero-order valence-electron chi connectivity index (χ0n) is 8.36. The first-order valence-corrected chi connectivity index (χ1v) is 5.07. The predicted molar refractivity (Wildman–Crippen MR) is 57.2 cm³/mol. The minimum absolute atomic E-state index is 0.321. The molecule has 1 unspecified atom stereocenters. The molecule has 0 bridgehead atoms. The molecular weight excluding hydrogens is 172 g/mol. The van der Waals surface area contributed by atoms with Crippen LogP contribution in [0.4, 0.5) is 0 Å². The second kappa shape index (κ2) is 3.79. The van der Waals surface area contributed by atoms with E-state index in [-0.39, 0.29) is 0 Å². The van der Waals surface area contributed by atoms with E-state index in [1.807, 2.05) is 31.2 Å². The van der Waals surface area contributed by atoms with Crippen LogP contribution in [0.2, 0.25) is 0 Å². The SMILES string of the molecule is C/C=C1/C(=O)CCC1c1ccccc1. The topological polar surface area (TPSA) is 17.1 Å². The Labute approximate surface area is 84.5 Å². The first kappa shape index (κ1) is 9.20. The highest BCUT2D eigenvalue weighted by Crippen LogP contribution is 2.36. The Morgan fingerprint density at radius 2 is 2.00 bits per heavy atom. The lowest BCUT2D eigenvalue weighted by atomic mass is 9.93. The van der Waals surface area contributed by atoms with Gasteiger partial charge >= 0.3 is 0 Å². The highest BCUT2D eigenvalue weighted by molar-refractivity contribution is 5.99. The first-order chi connectivity index (χ1) is 6.83. The summed E-state index contributed by atoms with van der Waals surface area (Å²) in [6, 6.07) is 10.3. The summed E-state index contributed by atoms with van der Waals surface area (Å²) < 4.78 is 0. The van der Waals surface area contributed by atoms with Crippen LogP contribution in [0.15, 0.2) is 42.0 Å². The highest BCUT2D eigenvalue weighted by atomic mass is 16.1. The normalized spacial score (nSPS) is 24.5. The third-order valence-electron chi connectivity index (χ3n) is 2.87. The number of ketones is 1. The number of benzene rings is 1. The van der Waals surface area contributed by atoms with E-state index in [4.69, 9.17) is 0 Å². The number of Topliss-reactive ketones (excluding diaryl/α,β-unsaturated/α-hetero) is 1. The summed E-state index contributed by atoms with van der Waals surface area (Å²) in [7, 11) is 0. The van der Waals surface area contributed by atoms with Crippen molar-refractivity contribution in [3.05, 3.63) is 47.5 Å². The molecular formula is C13H14O. The van der Waals surface area contributed by atoms with Gasteiger partial charge in [0, 0.05) is 12.3 Å². The Morgan fingerprint density at radius 1 is 1.29 bits per heavy atom. The van der Waals surface area contributed by atoms with E-state index < -0.39 is 0 Å². The molecule has 1 fully saturated rings. The van der Waals surface area contributed by atoms with Crippen LogP contribution < -0.4 is 0 Å². The molecule has 1 aromatic carbocycles. The smallest absolute Gasteiger partial charge is 0.159 e. The van der Waals surface area contributed by atoms with Gasteiger partial charge < -0.3 is 0 Å². The number of hydrogen-bond donors (Lipinski definition) is 0. The van der Waals surface area contributed by atoms with Gasteiger partial charge in [0.05, 0.1) is 0 Å². The van der Waals surface area contributed by atoms with Gasteiger partial charge in [0.15, 0.2) is 5.78 Å². The van der Waals surface area contributed by atoms with Crippen molar-refractivity contribution >= 4 is 5.78 Å². The lowest BCUT2D eigenvalue weighted by molar-refractivity contribution is -0.114. The molecule has 0 amide bonds. The van der Waals surface area contributed by atoms with Crippen molar-refractivity contribution in [2.24, 2.45) is 0 Å². The molecule has 0 aliphatic heterocycles. The van der Waals surface area contributed by atoms with E-state index in [0.717, 1.165) is 12.0 Å². The Bertz CT molecular complexity index is 362. The molecule has 1 heteroatoms. The fraction of sp³-hybridized carbons (Fsp3) is 0.308. The number of allylic oxidation sites excluding steroid dienone is 2. The summed E-state index contributed by atoms with van der Waals surface area (Å²) >= 11 is 0. The van der Waals surface area contributed by atoms with Gasteiger partial charge in [0.25, 0.3) is 0 Å². The van der Waals surface area contributed by atoms with Crippen molar-refractivity contribution in [3.8, 4) is 0 Å².